The van der Waals surface area contributed by atoms with Crippen LogP contribution in [0, 0.1) is 6.92 Å². The van der Waals surface area contributed by atoms with Crippen molar-refractivity contribution in [3.8, 4) is 11.5 Å². The van der Waals surface area contributed by atoms with Crippen LogP contribution in [0.1, 0.15) is 34.7 Å². The number of cyclic esters (lactones) is 1. The molecule has 4 rings (SSSR count). The molecule has 0 bridgehead atoms. The molecular formula is C30H27BrO4. The molecule has 0 aromatic heterocycles. The van der Waals surface area contributed by atoms with E-state index < -0.39 is 0 Å². The van der Waals surface area contributed by atoms with Gasteiger partial charge in [0.05, 0.1) is 12.2 Å². The van der Waals surface area contributed by atoms with E-state index in [4.69, 9.17) is 14.2 Å². The fraction of sp³-hybridized carbons (Fsp3) is 0.167. The summed E-state index contributed by atoms with van der Waals surface area (Å²) in [4.78, 5) is 12.6. The third-order valence-corrected chi connectivity index (χ3v) is 6.03. The minimum absolute atomic E-state index is 0.376. The van der Waals surface area contributed by atoms with Gasteiger partial charge in [-0.25, -0.2) is 4.79 Å². The van der Waals surface area contributed by atoms with E-state index in [9.17, 15) is 4.79 Å². The number of esters is 1. The van der Waals surface area contributed by atoms with Crippen molar-refractivity contribution in [1.29, 1.82) is 0 Å². The lowest BCUT2D eigenvalue weighted by Crippen LogP contribution is -2.03. The minimum Gasteiger partial charge on any atom is -0.490 e. The van der Waals surface area contributed by atoms with E-state index >= 15 is 0 Å². The van der Waals surface area contributed by atoms with Crippen LogP contribution in [0.4, 0.5) is 0 Å². The van der Waals surface area contributed by atoms with Crippen LogP contribution in [0.3, 0.4) is 0 Å². The Hall–Kier alpha value is -3.57. The molecule has 0 radical (unpaired) electrons. The van der Waals surface area contributed by atoms with Gasteiger partial charge < -0.3 is 14.2 Å². The molecule has 5 heteroatoms. The molecule has 4 nitrogen and oxygen atoms in total. The highest BCUT2D eigenvalue weighted by Gasteiger charge is 2.22. The molecule has 1 aliphatic rings. The van der Waals surface area contributed by atoms with Crippen molar-refractivity contribution in [2.24, 2.45) is 0 Å². The van der Waals surface area contributed by atoms with Crippen LogP contribution < -0.4 is 9.47 Å². The van der Waals surface area contributed by atoms with E-state index in [0.29, 0.717) is 42.5 Å². The summed E-state index contributed by atoms with van der Waals surface area (Å²) < 4.78 is 18.7. The van der Waals surface area contributed by atoms with Gasteiger partial charge in [0.15, 0.2) is 11.5 Å². The molecule has 0 amide bonds. The van der Waals surface area contributed by atoms with Gasteiger partial charge >= 0.3 is 5.97 Å². The average Bonchev–Trinajstić information content (AvgIpc) is 3.20. The second kappa shape index (κ2) is 11.2. The molecule has 1 heterocycles. The quantitative estimate of drug-likeness (QED) is 0.164. The lowest BCUT2D eigenvalue weighted by molar-refractivity contribution is -0.130. The van der Waals surface area contributed by atoms with E-state index in [0.717, 1.165) is 32.3 Å². The number of ether oxygens (including phenoxy) is 3. The molecule has 0 fully saturated rings. The monoisotopic (exact) mass is 530 g/mol. The van der Waals surface area contributed by atoms with E-state index in [-0.39, 0.29) is 5.97 Å². The molecule has 178 valence electrons. The van der Waals surface area contributed by atoms with Gasteiger partial charge in [0, 0.05) is 15.6 Å². The number of hydrogen-bond donors (Lipinski definition) is 0. The summed E-state index contributed by atoms with van der Waals surface area (Å²) in [6, 6.07) is 19.8. The molecule has 35 heavy (non-hydrogen) atoms. The molecule has 1 aliphatic heterocycles. The molecule has 0 saturated heterocycles. The Morgan fingerprint density at radius 3 is 2.46 bits per heavy atom. The molecule has 0 spiro atoms. The van der Waals surface area contributed by atoms with E-state index in [1.807, 2.05) is 86.7 Å². The molecule has 0 atom stereocenters. The molecule has 3 aromatic carbocycles. The maximum atomic E-state index is 12.6. The van der Waals surface area contributed by atoms with Gasteiger partial charge in [0.2, 0.25) is 0 Å². The van der Waals surface area contributed by atoms with Crippen molar-refractivity contribution in [3.63, 3.8) is 0 Å². The maximum Gasteiger partial charge on any atom is 0.343 e. The van der Waals surface area contributed by atoms with Gasteiger partial charge in [-0.3, -0.25) is 0 Å². The highest BCUT2D eigenvalue weighted by molar-refractivity contribution is 9.10. The van der Waals surface area contributed by atoms with Crippen LogP contribution in [0.2, 0.25) is 0 Å². The van der Waals surface area contributed by atoms with E-state index in [1.165, 1.54) is 0 Å². The lowest BCUT2D eigenvalue weighted by atomic mass is 10.0. The fourth-order valence-electron chi connectivity index (χ4n) is 3.77. The number of carbonyl (C=O) groups is 1. The number of hydrogen-bond acceptors (Lipinski definition) is 4. The van der Waals surface area contributed by atoms with Gasteiger partial charge in [-0.05, 0) is 67.8 Å². The van der Waals surface area contributed by atoms with Crippen LogP contribution in [0.15, 0.2) is 89.4 Å². The molecule has 0 unspecified atom stereocenters. The third kappa shape index (κ3) is 6.11. The van der Waals surface area contributed by atoms with E-state index in [2.05, 4.69) is 22.5 Å². The third-order valence-electron chi connectivity index (χ3n) is 5.50. The summed E-state index contributed by atoms with van der Waals surface area (Å²) in [6.07, 6.45) is 6.02. The largest absolute Gasteiger partial charge is 0.490 e. The topological polar surface area (TPSA) is 44.8 Å². The van der Waals surface area contributed by atoms with Crippen molar-refractivity contribution in [2.45, 2.75) is 26.9 Å². The Morgan fingerprint density at radius 2 is 1.77 bits per heavy atom. The first-order valence-corrected chi connectivity index (χ1v) is 12.3. The summed E-state index contributed by atoms with van der Waals surface area (Å²) >= 11 is 3.46. The SMILES string of the molecule is C=CCc1cc(/C=C2\C=C(c3ccc(C)cc3)OC2=O)cc(OCC)c1OCc1ccc(Br)cc1. The predicted octanol–water partition coefficient (Wildman–Crippen LogP) is 7.45. The molecule has 0 N–H and O–H groups in total. The first-order valence-electron chi connectivity index (χ1n) is 11.5. The highest BCUT2D eigenvalue weighted by atomic mass is 79.9. The molecule has 0 aliphatic carbocycles. The number of carbonyl (C=O) groups excluding carboxylic acids is 1. The smallest absolute Gasteiger partial charge is 0.343 e. The molecular weight excluding hydrogens is 504 g/mol. The summed E-state index contributed by atoms with van der Waals surface area (Å²) in [5, 5.41) is 0. The van der Waals surface area contributed by atoms with Crippen molar-refractivity contribution >= 4 is 33.7 Å². The number of halogens is 1. The van der Waals surface area contributed by atoms with Crippen LogP contribution in [0.5, 0.6) is 11.5 Å². The van der Waals surface area contributed by atoms with Gasteiger partial charge in [0.25, 0.3) is 0 Å². The second-order valence-corrected chi connectivity index (χ2v) is 9.13. The Kier molecular flexibility index (Phi) is 7.88. The minimum atomic E-state index is -0.376. The summed E-state index contributed by atoms with van der Waals surface area (Å²) in [7, 11) is 0. The van der Waals surface area contributed by atoms with Gasteiger partial charge in [-0.2, -0.15) is 0 Å². The van der Waals surface area contributed by atoms with Crippen molar-refractivity contribution in [2.75, 3.05) is 6.61 Å². The Bertz CT molecular complexity index is 1290. The summed E-state index contributed by atoms with van der Waals surface area (Å²) in [6.45, 7) is 8.75. The van der Waals surface area contributed by atoms with Crippen LogP contribution in [0.25, 0.3) is 11.8 Å². The zero-order valence-corrected chi connectivity index (χ0v) is 21.4. The second-order valence-electron chi connectivity index (χ2n) is 8.21. The zero-order chi connectivity index (χ0) is 24.8. The van der Waals surface area contributed by atoms with Crippen molar-refractivity contribution in [3.05, 3.63) is 117 Å². The average molecular weight is 531 g/mol. The highest BCUT2D eigenvalue weighted by Crippen LogP contribution is 2.36. The molecule has 3 aromatic rings. The first-order chi connectivity index (χ1) is 17.0. The number of aryl methyl sites for hydroxylation is 1. The Labute approximate surface area is 214 Å². The number of allylic oxidation sites excluding steroid dienone is 1. The number of benzene rings is 3. The Balaban J connectivity index is 1.66. The fourth-order valence-corrected chi connectivity index (χ4v) is 4.03. The van der Waals surface area contributed by atoms with Crippen LogP contribution in [-0.4, -0.2) is 12.6 Å². The molecule has 0 saturated carbocycles. The summed E-state index contributed by atoms with van der Waals surface area (Å²) in [5.74, 6) is 1.48. The van der Waals surface area contributed by atoms with Gasteiger partial charge in [-0.15, -0.1) is 6.58 Å². The zero-order valence-electron chi connectivity index (χ0n) is 19.8. The number of rotatable bonds is 9. The Morgan fingerprint density at radius 1 is 1.03 bits per heavy atom. The van der Waals surface area contributed by atoms with E-state index in [1.54, 1.807) is 6.08 Å². The normalized spacial score (nSPS) is 14.0. The van der Waals surface area contributed by atoms with Gasteiger partial charge in [0.1, 0.15) is 12.4 Å². The van der Waals surface area contributed by atoms with Crippen LogP contribution >= 0.6 is 15.9 Å². The lowest BCUT2D eigenvalue weighted by Gasteiger charge is -2.17. The first kappa shape index (κ1) is 24.6. The van der Waals surface area contributed by atoms with Crippen molar-refractivity contribution in [1.82, 2.24) is 0 Å². The predicted molar refractivity (Wildman–Crippen MR) is 143 cm³/mol. The maximum absolute atomic E-state index is 12.6. The van der Waals surface area contributed by atoms with Crippen molar-refractivity contribution < 1.29 is 19.0 Å². The van der Waals surface area contributed by atoms with Gasteiger partial charge in [-0.1, -0.05) is 64.0 Å². The standard InChI is InChI=1S/C30H27BrO4/c1-4-6-24-15-22(16-25-18-27(35-30(25)32)23-11-7-20(3)8-12-23)17-28(33-5-2)29(24)34-19-21-9-13-26(31)14-10-21/h4,7-18H,1,5-6,19H2,2-3H3/b25-16+. The summed E-state index contributed by atoms with van der Waals surface area (Å²) in [5.41, 5.74) is 5.31. The van der Waals surface area contributed by atoms with Crippen LogP contribution in [-0.2, 0) is 22.6 Å².